The molecule has 0 fully saturated rings. The molecular weight excluding hydrogens is 294 g/mol. The molecule has 0 atom stereocenters. The number of nitrogens with one attached hydrogen (secondary N) is 1. The lowest BCUT2D eigenvalue weighted by Gasteiger charge is -2.07. The van der Waals surface area contributed by atoms with Gasteiger partial charge in [-0.2, -0.15) is 0 Å². The van der Waals surface area contributed by atoms with Gasteiger partial charge in [0, 0.05) is 17.1 Å². The number of aryl methyl sites for hydroxylation is 1. The van der Waals surface area contributed by atoms with E-state index in [1.165, 1.54) is 17.4 Å². The van der Waals surface area contributed by atoms with E-state index in [0.717, 1.165) is 11.1 Å². The molecule has 0 saturated carbocycles. The largest absolute Gasteiger partial charge is 0.320 e. The third-order valence-corrected chi connectivity index (χ3v) is 4.64. The summed E-state index contributed by atoms with van der Waals surface area (Å²) in [5.74, 6) is 5.64. The first-order valence-electron chi connectivity index (χ1n) is 5.75. The van der Waals surface area contributed by atoms with Crippen LogP contribution >= 0.6 is 11.3 Å². The van der Waals surface area contributed by atoms with Gasteiger partial charge in [0.1, 0.15) is 0 Å². The zero-order valence-electron chi connectivity index (χ0n) is 10.8. The van der Waals surface area contributed by atoms with Gasteiger partial charge in [0.25, 0.3) is 10.0 Å². The minimum Gasteiger partial charge on any atom is -0.320 e. The smallest absolute Gasteiger partial charge is 0.263 e. The van der Waals surface area contributed by atoms with Gasteiger partial charge in [-0.25, -0.2) is 13.4 Å². The van der Waals surface area contributed by atoms with Crippen molar-refractivity contribution in [1.82, 2.24) is 4.98 Å². The molecular formula is C13H13N3O2S2. The van der Waals surface area contributed by atoms with Crippen LogP contribution in [0.5, 0.6) is 0 Å². The van der Waals surface area contributed by atoms with Gasteiger partial charge in [-0.15, -0.1) is 11.3 Å². The fraction of sp³-hybridized carbons (Fsp3) is 0.154. The number of anilines is 1. The van der Waals surface area contributed by atoms with Crippen LogP contribution in [0.25, 0.3) is 0 Å². The Labute approximate surface area is 121 Å². The van der Waals surface area contributed by atoms with Crippen LogP contribution in [0.15, 0.2) is 34.7 Å². The summed E-state index contributed by atoms with van der Waals surface area (Å²) < 4.78 is 26.8. The first kappa shape index (κ1) is 14.5. The Morgan fingerprint density at radius 2 is 2.25 bits per heavy atom. The molecule has 5 nitrogen and oxygen atoms in total. The number of aromatic nitrogens is 1. The standard InChI is InChI=1S/C13H13N3O2S2/c1-10-9-12(5-4-11(10)3-2-6-14)20(17,18)16-13-15-7-8-19-13/h4-5,7-9H,6,14H2,1H3,(H,15,16). The van der Waals surface area contributed by atoms with Gasteiger partial charge in [0.15, 0.2) is 5.13 Å². The fourth-order valence-corrected chi connectivity index (χ4v) is 3.41. The van der Waals surface area contributed by atoms with Gasteiger partial charge >= 0.3 is 0 Å². The lowest BCUT2D eigenvalue weighted by Crippen LogP contribution is -2.13. The number of sulfonamides is 1. The molecule has 104 valence electrons. The Morgan fingerprint density at radius 1 is 1.45 bits per heavy atom. The van der Waals surface area contributed by atoms with Crippen LogP contribution in [0.3, 0.4) is 0 Å². The van der Waals surface area contributed by atoms with Crippen molar-refractivity contribution in [3.63, 3.8) is 0 Å². The molecule has 0 aliphatic heterocycles. The monoisotopic (exact) mass is 307 g/mol. The van der Waals surface area contributed by atoms with E-state index in [-0.39, 0.29) is 11.4 Å². The Balaban J connectivity index is 2.31. The predicted octanol–water partition coefficient (Wildman–Crippen LogP) is 1.56. The molecule has 1 aromatic heterocycles. The molecule has 7 heteroatoms. The van der Waals surface area contributed by atoms with Crippen molar-refractivity contribution in [2.24, 2.45) is 5.73 Å². The van der Waals surface area contributed by atoms with E-state index < -0.39 is 10.0 Å². The van der Waals surface area contributed by atoms with Crippen LogP contribution in [0.2, 0.25) is 0 Å². The van der Waals surface area contributed by atoms with Crippen LogP contribution in [0.4, 0.5) is 5.13 Å². The highest BCUT2D eigenvalue weighted by atomic mass is 32.2. The minimum atomic E-state index is -3.62. The Morgan fingerprint density at radius 3 is 2.85 bits per heavy atom. The lowest BCUT2D eigenvalue weighted by molar-refractivity contribution is 0.601. The first-order chi connectivity index (χ1) is 9.53. The van der Waals surface area contributed by atoms with Crippen LogP contribution in [0, 0.1) is 18.8 Å². The van der Waals surface area contributed by atoms with E-state index in [4.69, 9.17) is 5.73 Å². The molecule has 1 aromatic carbocycles. The summed E-state index contributed by atoms with van der Waals surface area (Å²) in [6.07, 6.45) is 1.54. The molecule has 0 aliphatic carbocycles. The molecule has 2 aromatic rings. The van der Waals surface area contributed by atoms with Gasteiger partial charge in [-0.1, -0.05) is 11.8 Å². The molecule has 0 unspecified atom stereocenters. The summed E-state index contributed by atoms with van der Waals surface area (Å²) in [7, 11) is -3.62. The number of benzene rings is 1. The quantitative estimate of drug-likeness (QED) is 0.843. The van der Waals surface area contributed by atoms with Crippen molar-refractivity contribution < 1.29 is 8.42 Å². The summed E-state index contributed by atoms with van der Waals surface area (Å²) >= 11 is 1.23. The second-order valence-electron chi connectivity index (χ2n) is 3.93. The van der Waals surface area contributed by atoms with Gasteiger partial charge in [-0.3, -0.25) is 4.72 Å². The second-order valence-corrected chi connectivity index (χ2v) is 6.50. The van der Waals surface area contributed by atoms with Crippen LogP contribution in [-0.4, -0.2) is 19.9 Å². The summed E-state index contributed by atoms with van der Waals surface area (Å²) in [4.78, 5) is 4.08. The molecule has 2 rings (SSSR count). The summed E-state index contributed by atoms with van der Waals surface area (Å²) in [6.45, 7) is 2.08. The maximum Gasteiger partial charge on any atom is 0.263 e. The van der Waals surface area contributed by atoms with Crippen LogP contribution < -0.4 is 10.5 Å². The van der Waals surface area contributed by atoms with E-state index in [1.54, 1.807) is 23.7 Å². The molecule has 0 spiro atoms. The van der Waals surface area contributed by atoms with E-state index in [0.29, 0.717) is 5.13 Å². The molecule has 20 heavy (non-hydrogen) atoms. The normalized spacial score (nSPS) is 10.7. The predicted molar refractivity (Wildman–Crippen MR) is 80.0 cm³/mol. The topological polar surface area (TPSA) is 85.1 Å². The Hall–Kier alpha value is -1.88. The zero-order valence-corrected chi connectivity index (χ0v) is 12.4. The first-order valence-corrected chi connectivity index (χ1v) is 8.11. The van der Waals surface area contributed by atoms with E-state index in [2.05, 4.69) is 21.5 Å². The summed E-state index contributed by atoms with van der Waals surface area (Å²) in [5, 5.41) is 2.05. The van der Waals surface area contributed by atoms with Gasteiger partial charge in [0.2, 0.25) is 0 Å². The molecule has 1 heterocycles. The number of hydrogen-bond donors (Lipinski definition) is 2. The third kappa shape index (κ3) is 3.36. The van der Waals surface area contributed by atoms with Crippen molar-refractivity contribution in [2.75, 3.05) is 11.3 Å². The number of nitrogens with zero attached hydrogens (tertiary/aromatic N) is 1. The fourth-order valence-electron chi connectivity index (χ4n) is 1.54. The average molecular weight is 307 g/mol. The van der Waals surface area contributed by atoms with E-state index in [9.17, 15) is 8.42 Å². The summed E-state index contributed by atoms with van der Waals surface area (Å²) in [5.41, 5.74) is 6.87. The van der Waals surface area contributed by atoms with Crippen LogP contribution in [0.1, 0.15) is 11.1 Å². The van der Waals surface area contributed by atoms with E-state index >= 15 is 0 Å². The number of thiazole rings is 1. The van der Waals surface area contributed by atoms with Crippen molar-refractivity contribution in [3.8, 4) is 11.8 Å². The highest BCUT2D eigenvalue weighted by Crippen LogP contribution is 2.19. The molecule has 0 amide bonds. The highest BCUT2D eigenvalue weighted by molar-refractivity contribution is 7.93. The number of rotatable bonds is 3. The average Bonchev–Trinajstić information content (AvgIpc) is 2.89. The lowest BCUT2D eigenvalue weighted by atomic mass is 10.1. The van der Waals surface area contributed by atoms with Gasteiger partial charge in [-0.05, 0) is 30.7 Å². The molecule has 0 radical (unpaired) electrons. The molecule has 0 bridgehead atoms. The molecule has 0 aliphatic rings. The van der Waals surface area contributed by atoms with Crippen molar-refractivity contribution in [1.29, 1.82) is 0 Å². The van der Waals surface area contributed by atoms with Gasteiger partial charge < -0.3 is 5.73 Å². The minimum absolute atomic E-state index is 0.184. The van der Waals surface area contributed by atoms with Gasteiger partial charge in [0.05, 0.1) is 11.4 Å². The second kappa shape index (κ2) is 6.05. The SMILES string of the molecule is Cc1cc(S(=O)(=O)Nc2nccs2)ccc1C#CCN. The maximum atomic E-state index is 12.2. The number of hydrogen-bond acceptors (Lipinski definition) is 5. The highest BCUT2D eigenvalue weighted by Gasteiger charge is 2.16. The molecule has 3 N–H and O–H groups in total. The van der Waals surface area contributed by atoms with Crippen molar-refractivity contribution >= 4 is 26.5 Å². The molecule has 0 saturated heterocycles. The third-order valence-electron chi connectivity index (χ3n) is 2.49. The Bertz CT molecular complexity index is 757. The van der Waals surface area contributed by atoms with Crippen LogP contribution in [-0.2, 0) is 10.0 Å². The van der Waals surface area contributed by atoms with E-state index in [1.807, 2.05) is 6.92 Å². The van der Waals surface area contributed by atoms with Crippen molar-refractivity contribution in [2.45, 2.75) is 11.8 Å². The number of nitrogens with two attached hydrogens (primary N) is 1. The summed E-state index contributed by atoms with van der Waals surface area (Å²) in [6, 6.07) is 4.77. The maximum absolute atomic E-state index is 12.2. The van der Waals surface area contributed by atoms with Crippen molar-refractivity contribution in [3.05, 3.63) is 40.9 Å². The zero-order chi connectivity index (χ0) is 14.6. The Kier molecular flexibility index (Phi) is 4.39.